The van der Waals surface area contributed by atoms with Gasteiger partial charge in [-0.1, -0.05) is 18.2 Å². The predicted octanol–water partition coefficient (Wildman–Crippen LogP) is 3.43. The Morgan fingerprint density at radius 3 is 2.68 bits per heavy atom. The van der Waals surface area contributed by atoms with Crippen molar-refractivity contribution >= 4 is 28.7 Å². The lowest BCUT2D eigenvalue weighted by Crippen LogP contribution is -3.10. The second-order valence-corrected chi connectivity index (χ2v) is 10.9. The van der Waals surface area contributed by atoms with Gasteiger partial charge in [-0.25, -0.2) is 4.98 Å². The molecule has 2 aromatic carbocycles. The van der Waals surface area contributed by atoms with Gasteiger partial charge in [0.15, 0.2) is 0 Å². The van der Waals surface area contributed by atoms with E-state index in [0.29, 0.717) is 0 Å². The number of halogens is 3. The predicted molar refractivity (Wildman–Crippen MR) is 136 cm³/mol. The number of thioether (sulfide) groups is 1. The summed E-state index contributed by atoms with van der Waals surface area (Å²) < 4.78 is 53.4. The van der Waals surface area contributed by atoms with E-state index >= 15 is 0 Å². The average Bonchev–Trinajstić information content (AvgIpc) is 3.28. The normalized spacial score (nSPS) is 20.0. The molecule has 7 nitrogen and oxygen atoms in total. The number of amides is 1. The van der Waals surface area contributed by atoms with Crippen molar-refractivity contribution in [2.24, 2.45) is 5.73 Å². The molecular formula is C26H32F3N4O3S+. The number of carbonyl (C=O) groups excluding carboxylic acids is 1. The molecule has 1 fully saturated rings. The Kier molecular flexibility index (Phi) is 8.66. The molecule has 0 saturated carbocycles. The fourth-order valence-electron chi connectivity index (χ4n) is 4.45. The molecule has 1 saturated heterocycles. The molecule has 0 bridgehead atoms. The van der Waals surface area contributed by atoms with Crippen LogP contribution in [-0.2, 0) is 22.3 Å². The Labute approximate surface area is 218 Å². The van der Waals surface area contributed by atoms with Crippen LogP contribution in [0, 0.1) is 0 Å². The standard InChI is InChI=1S/C26H31F3N4O3S/c1-17(37-24(25(30)34)15-35-14-18-5-3-4-6-21(18)26(27,28)29)33-16-31-22-8-7-20(13-23(22)33)36-19-9-11-32(2)12-10-19/h3-8,13,16-17,19,24H,9-12,14-15H2,1-2H3,(H2,30,34)/p+1. The van der Waals surface area contributed by atoms with Crippen molar-refractivity contribution in [1.82, 2.24) is 9.55 Å². The topological polar surface area (TPSA) is 83.8 Å². The van der Waals surface area contributed by atoms with E-state index in [-0.39, 0.29) is 30.3 Å². The van der Waals surface area contributed by atoms with E-state index in [2.05, 4.69) is 12.0 Å². The first kappa shape index (κ1) is 27.3. The molecule has 3 aromatic rings. The van der Waals surface area contributed by atoms with Gasteiger partial charge in [-0.05, 0) is 30.7 Å². The van der Waals surface area contributed by atoms with Crippen LogP contribution in [0.4, 0.5) is 13.2 Å². The number of ether oxygens (including phenoxy) is 2. The number of piperidine rings is 1. The third-order valence-corrected chi connectivity index (χ3v) is 7.87. The van der Waals surface area contributed by atoms with Gasteiger partial charge in [0.25, 0.3) is 0 Å². The van der Waals surface area contributed by atoms with Crippen molar-refractivity contribution in [3.8, 4) is 5.75 Å². The van der Waals surface area contributed by atoms with E-state index in [9.17, 15) is 18.0 Å². The third kappa shape index (κ3) is 6.97. The van der Waals surface area contributed by atoms with Crippen LogP contribution in [0.2, 0.25) is 0 Å². The summed E-state index contributed by atoms with van der Waals surface area (Å²) in [5.74, 6) is 0.174. The zero-order valence-electron chi connectivity index (χ0n) is 20.8. The fraction of sp³-hybridized carbons (Fsp3) is 0.462. The number of likely N-dealkylation sites (tertiary alicyclic amines) is 1. The first-order chi connectivity index (χ1) is 17.6. The van der Waals surface area contributed by atoms with Crippen molar-refractivity contribution in [3.05, 3.63) is 59.9 Å². The first-order valence-electron chi connectivity index (χ1n) is 12.2. The van der Waals surface area contributed by atoms with Crippen LogP contribution >= 0.6 is 11.8 Å². The molecule has 1 aliphatic rings. The number of primary amides is 1. The molecule has 3 N–H and O–H groups in total. The van der Waals surface area contributed by atoms with Gasteiger partial charge in [0.05, 0.1) is 61.6 Å². The number of imidazole rings is 1. The van der Waals surface area contributed by atoms with E-state index < -0.39 is 22.9 Å². The quantitative estimate of drug-likeness (QED) is 0.414. The monoisotopic (exact) mass is 537 g/mol. The maximum absolute atomic E-state index is 13.2. The highest BCUT2D eigenvalue weighted by Crippen LogP contribution is 2.34. The van der Waals surface area contributed by atoms with Crippen molar-refractivity contribution < 1.29 is 32.3 Å². The van der Waals surface area contributed by atoms with Crippen LogP contribution in [0.5, 0.6) is 5.75 Å². The van der Waals surface area contributed by atoms with E-state index in [4.69, 9.17) is 15.2 Å². The first-order valence-corrected chi connectivity index (χ1v) is 13.2. The zero-order valence-corrected chi connectivity index (χ0v) is 21.6. The van der Waals surface area contributed by atoms with E-state index in [1.807, 2.05) is 29.7 Å². The van der Waals surface area contributed by atoms with Crippen molar-refractivity contribution in [1.29, 1.82) is 0 Å². The van der Waals surface area contributed by atoms with Gasteiger partial charge in [-0.15, -0.1) is 11.8 Å². The largest absolute Gasteiger partial charge is 0.490 e. The minimum atomic E-state index is -4.48. The summed E-state index contributed by atoms with van der Waals surface area (Å²) in [4.78, 5) is 18.1. The molecule has 200 valence electrons. The summed E-state index contributed by atoms with van der Waals surface area (Å²) >= 11 is 1.27. The van der Waals surface area contributed by atoms with Gasteiger partial charge in [0.2, 0.25) is 5.91 Å². The number of quaternary nitrogens is 1. The van der Waals surface area contributed by atoms with Crippen LogP contribution in [0.25, 0.3) is 11.0 Å². The minimum absolute atomic E-state index is 0.00965. The molecule has 1 aliphatic heterocycles. The zero-order chi connectivity index (χ0) is 26.6. The number of rotatable bonds is 10. The molecule has 1 aromatic heterocycles. The Morgan fingerprint density at radius 1 is 1.24 bits per heavy atom. The SMILES string of the molecule is CC(SC(COCc1ccccc1C(F)(F)F)C(N)=O)n1cnc2ccc(OC3CC[NH+](C)CC3)cc21. The van der Waals surface area contributed by atoms with Crippen LogP contribution < -0.4 is 15.4 Å². The van der Waals surface area contributed by atoms with E-state index in [1.165, 1.54) is 34.9 Å². The summed E-state index contributed by atoms with van der Waals surface area (Å²) in [6.45, 7) is 3.68. The average molecular weight is 538 g/mol. The van der Waals surface area contributed by atoms with Gasteiger partial charge in [-0.3, -0.25) is 4.79 Å². The molecule has 2 unspecified atom stereocenters. The lowest BCUT2D eigenvalue weighted by molar-refractivity contribution is -0.885. The highest BCUT2D eigenvalue weighted by Gasteiger charge is 2.33. The lowest BCUT2D eigenvalue weighted by atomic mass is 10.1. The van der Waals surface area contributed by atoms with E-state index in [1.54, 1.807) is 6.33 Å². The van der Waals surface area contributed by atoms with Gasteiger partial charge < -0.3 is 24.7 Å². The van der Waals surface area contributed by atoms with Crippen molar-refractivity contribution in [2.75, 3.05) is 26.7 Å². The van der Waals surface area contributed by atoms with Gasteiger partial charge in [0, 0.05) is 18.9 Å². The number of nitrogens with one attached hydrogen (secondary N) is 1. The third-order valence-electron chi connectivity index (χ3n) is 6.56. The number of fused-ring (bicyclic) bond motifs is 1. The Bertz CT molecular complexity index is 1210. The second kappa shape index (κ2) is 11.7. The number of carbonyl (C=O) groups is 1. The summed E-state index contributed by atoms with van der Waals surface area (Å²) in [6.07, 6.45) is -0.593. The molecule has 37 heavy (non-hydrogen) atoms. The molecule has 2 heterocycles. The maximum Gasteiger partial charge on any atom is 0.416 e. The number of aromatic nitrogens is 2. The minimum Gasteiger partial charge on any atom is -0.490 e. The molecule has 4 rings (SSSR count). The number of hydrogen-bond donors (Lipinski definition) is 2. The van der Waals surface area contributed by atoms with Crippen molar-refractivity contribution in [2.45, 2.75) is 49.3 Å². The molecule has 0 aliphatic carbocycles. The summed E-state index contributed by atoms with van der Waals surface area (Å²) in [5, 5.41) is -0.998. The Morgan fingerprint density at radius 2 is 1.97 bits per heavy atom. The second-order valence-electron chi connectivity index (χ2n) is 9.37. The number of nitrogens with two attached hydrogens (primary N) is 1. The number of benzene rings is 2. The Hall–Kier alpha value is -2.76. The summed E-state index contributed by atoms with van der Waals surface area (Å²) in [6, 6.07) is 11.0. The molecule has 0 spiro atoms. The highest BCUT2D eigenvalue weighted by molar-refractivity contribution is 8.00. The molecular weight excluding hydrogens is 505 g/mol. The Balaban J connectivity index is 1.40. The molecule has 2 atom stereocenters. The maximum atomic E-state index is 13.2. The molecule has 11 heteroatoms. The highest BCUT2D eigenvalue weighted by atomic mass is 32.2. The number of nitrogens with zero attached hydrogens (tertiary/aromatic N) is 2. The lowest BCUT2D eigenvalue weighted by Gasteiger charge is -2.27. The summed E-state index contributed by atoms with van der Waals surface area (Å²) in [5.41, 5.74) is 6.51. The van der Waals surface area contributed by atoms with E-state index in [0.717, 1.165) is 48.8 Å². The fourth-order valence-corrected chi connectivity index (χ4v) is 5.54. The van der Waals surface area contributed by atoms with Gasteiger partial charge >= 0.3 is 6.18 Å². The molecule has 0 radical (unpaired) electrons. The van der Waals surface area contributed by atoms with Gasteiger partial charge in [0.1, 0.15) is 17.1 Å². The van der Waals surface area contributed by atoms with Gasteiger partial charge in [-0.2, -0.15) is 13.2 Å². The van der Waals surface area contributed by atoms with Crippen LogP contribution in [-0.4, -0.2) is 53.6 Å². The van der Waals surface area contributed by atoms with Crippen LogP contribution in [0.1, 0.15) is 36.3 Å². The smallest absolute Gasteiger partial charge is 0.416 e. The van der Waals surface area contributed by atoms with Crippen molar-refractivity contribution in [3.63, 3.8) is 0 Å². The van der Waals surface area contributed by atoms with Crippen LogP contribution in [0.3, 0.4) is 0 Å². The number of alkyl halides is 3. The van der Waals surface area contributed by atoms with Crippen LogP contribution in [0.15, 0.2) is 48.8 Å². The molecule has 1 amide bonds. The number of hydrogen-bond acceptors (Lipinski definition) is 5. The summed E-state index contributed by atoms with van der Waals surface area (Å²) in [7, 11) is 2.19.